The van der Waals surface area contributed by atoms with E-state index in [1.54, 1.807) is 0 Å². The van der Waals surface area contributed by atoms with Crippen molar-refractivity contribution in [1.82, 2.24) is 0 Å². The standard InChI is InChI=1S/C19H21N/c20-19(12-15-11-14-6-2-3-7-16(14)15)18-10-9-13-5-1-4-8-17(13)18/h1-8,15,18-19H,9-12,20H2. The van der Waals surface area contributed by atoms with Crippen molar-refractivity contribution in [2.45, 2.75) is 43.6 Å². The summed E-state index contributed by atoms with van der Waals surface area (Å²) in [6.45, 7) is 0. The van der Waals surface area contributed by atoms with E-state index in [0.29, 0.717) is 17.9 Å². The Balaban J connectivity index is 1.49. The second-order valence-corrected chi connectivity index (χ2v) is 6.34. The van der Waals surface area contributed by atoms with E-state index < -0.39 is 0 Å². The first kappa shape index (κ1) is 12.2. The molecule has 0 aliphatic heterocycles. The second kappa shape index (κ2) is 4.75. The van der Waals surface area contributed by atoms with Gasteiger partial charge in [-0.15, -0.1) is 0 Å². The maximum atomic E-state index is 6.56. The first-order valence-corrected chi connectivity index (χ1v) is 7.74. The zero-order valence-electron chi connectivity index (χ0n) is 11.8. The quantitative estimate of drug-likeness (QED) is 0.896. The third-order valence-electron chi connectivity index (χ3n) is 5.21. The molecular weight excluding hydrogens is 242 g/mol. The fourth-order valence-electron chi connectivity index (χ4n) is 4.10. The van der Waals surface area contributed by atoms with Crippen molar-refractivity contribution in [1.29, 1.82) is 0 Å². The lowest BCUT2D eigenvalue weighted by atomic mass is 9.72. The van der Waals surface area contributed by atoms with Crippen molar-refractivity contribution in [3.8, 4) is 0 Å². The molecule has 4 rings (SSSR count). The van der Waals surface area contributed by atoms with E-state index in [1.807, 2.05) is 0 Å². The van der Waals surface area contributed by atoms with Crippen LogP contribution < -0.4 is 5.73 Å². The van der Waals surface area contributed by atoms with Gasteiger partial charge >= 0.3 is 0 Å². The van der Waals surface area contributed by atoms with Gasteiger partial charge in [0.1, 0.15) is 0 Å². The minimum Gasteiger partial charge on any atom is -0.327 e. The Morgan fingerprint density at radius 2 is 1.65 bits per heavy atom. The van der Waals surface area contributed by atoms with Crippen LogP contribution in [-0.2, 0) is 12.8 Å². The first-order valence-electron chi connectivity index (χ1n) is 7.74. The molecule has 102 valence electrons. The van der Waals surface area contributed by atoms with Gasteiger partial charge < -0.3 is 5.73 Å². The fraction of sp³-hybridized carbons (Fsp3) is 0.368. The zero-order chi connectivity index (χ0) is 13.5. The molecule has 0 spiro atoms. The van der Waals surface area contributed by atoms with Gasteiger partial charge in [-0.1, -0.05) is 48.5 Å². The Hall–Kier alpha value is -1.60. The zero-order valence-corrected chi connectivity index (χ0v) is 11.8. The summed E-state index contributed by atoms with van der Waals surface area (Å²) in [6, 6.07) is 18.0. The molecular formula is C19H21N. The van der Waals surface area contributed by atoms with Crippen molar-refractivity contribution in [3.63, 3.8) is 0 Å². The van der Waals surface area contributed by atoms with Crippen LogP contribution in [0.3, 0.4) is 0 Å². The molecule has 0 heterocycles. The Morgan fingerprint density at radius 1 is 0.950 bits per heavy atom. The van der Waals surface area contributed by atoms with Crippen LogP contribution in [0.4, 0.5) is 0 Å². The van der Waals surface area contributed by atoms with E-state index in [1.165, 1.54) is 41.5 Å². The van der Waals surface area contributed by atoms with Crippen molar-refractivity contribution in [3.05, 3.63) is 70.8 Å². The van der Waals surface area contributed by atoms with Crippen molar-refractivity contribution in [2.24, 2.45) is 5.73 Å². The van der Waals surface area contributed by atoms with Crippen LogP contribution in [0.5, 0.6) is 0 Å². The summed E-state index contributed by atoms with van der Waals surface area (Å²) >= 11 is 0. The second-order valence-electron chi connectivity index (χ2n) is 6.34. The summed E-state index contributed by atoms with van der Waals surface area (Å²) in [7, 11) is 0. The SMILES string of the molecule is NC(CC1Cc2ccccc21)C1CCc2ccccc21. The number of fused-ring (bicyclic) bond motifs is 2. The van der Waals surface area contributed by atoms with E-state index in [0.717, 1.165) is 6.42 Å². The predicted octanol–water partition coefficient (Wildman–Crippen LogP) is 3.77. The summed E-state index contributed by atoms with van der Waals surface area (Å²) < 4.78 is 0. The van der Waals surface area contributed by atoms with Gasteiger partial charge in [0.25, 0.3) is 0 Å². The van der Waals surface area contributed by atoms with E-state index >= 15 is 0 Å². The lowest BCUT2D eigenvalue weighted by molar-refractivity contribution is 0.429. The highest BCUT2D eigenvalue weighted by Gasteiger charge is 2.32. The molecule has 3 atom stereocenters. The molecule has 1 nitrogen and oxygen atoms in total. The topological polar surface area (TPSA) is 26.0 Å². The third kappa shape index (κ3) is 1.89. The van der Waals surface area contributed by atoms with Crippen LogP contribution in [0.15, 0.2) is 48.5 Å². The summed E-state index contributed by atoms with van der Waals surface area (Å²) in [5.41, 5.74) is 12.6. The molecule has 0 fully saturated rings. The van der Waals surface area contributed by atoms with Crippen molar-refractivity contribution < 1.29 is 0 Å². The van der Waals surface area contributed by atoms with Crippen LogP contribution in [0, 0.1) is 0 Å². The molecule has 0 amide bonds. The Labute approximate surface area is 120 Å². The highest BCUT2D eigenvalue weighted by molar-refractivity contribution is 5.41. The van der Waals surface area contributed by atoms with Gasteiger partial charge in [-0.2, -0.15) is 0 Å². The molecule has 0 saturated heterocycles. The molecule has 3 unspecified atom stereocenters. The molecule has 0 saturated carbocycles. The molecule has 20 heavy (non-hydrogen) atoms. The van der Waals surface area contributed by atoms with E-state index in [-0.39, 0.29) is 0 Å². The number of rotatable bonds is 3. The molecule has 0 aromatic heterocycles. The van der Waals surface area contributed by atoms with Gasteiger partial charge in [0.15, 0.2) is 0 Å². The molecule has 2 aliphatic rings. The first-order chi connectivity index (χ1) is 9.83. The van der Waals surface area contributed by atoms with Crippen LogP contribution >= 0.6 is 0 Å². The number of hydrogen-bond acceptors (Lipinski definition) is 1. The highest BCUT2D eigenvalue weighted by Crippen LogP contribution is 2.42. The van der Waals surface area contributed by atoms with E-state index in [9.17, 15) is 0 Å². The van der Waals surface area contributed by atoms with Crippen molar-refractivity contribution >= 4 is 0 Å². The number of hydrogen-bond donors (Lipinski definition) is 1. The Kier molecular flexibility index (Phi) is 2.89. The van der Waals surface area contributed by atoms with Crippen LogP contribution in [0.1, 0.15) is 46.9 Å². The van der Waals surface area contributed by atoms with Crippen LogP contribution in [0.2, 0.25) is 0 Å². The molecule has 2 aliphatic carbocycles. The van der Waals surface area contributed by atoms with Gasteiger partial charge in [0.05, 0.1) is 0 Å². The fourth-order valence-corrected chi connectivity index (χ4v) is 4.10. The molecule has 0 radical (unpaired) electrons. The van der Waals surface area contributed by atoms with E-state index in [4.69, 9.17) is 5.73 Å². The lowest BCUT2D eigenvalue weighted by Crippen LogP contribution is -2.32. The number of nitrogens with two attached hydrogens (primary N) is 1. The number of aryl methyl sites for hydroxylation is 1. The average Bonchev–Trinajstić information content (AvgIpc) is 2.88. The van der Waals surface area contributed by atoms with Gasteiger partial charge in [0.2, 0.25) is 0 Å². The monoisotopic (exact) mass is 263 g/mol. The predicted molar refractivity (Wildman–Crippen MR) is 83.0 cm³/mol. The van der Waals surface area contributed by atoms with Crippen LogP contribution in [0.25, 0.3) is 0 Å². The summed E-state index contributed by atoms with van der Waals surface area (Å²) in [5.74, 6) is 1.26. The molecule has 1 heteroatoms. The van der Waals surface area contributed by atoms with Crippen molar-refractivity contribution in [2.75, 3.05) is 0 Å². The Morgan fingerprint density at radius 3 is 2.45 bits per heavy atom. The summed E-state index contributed by atoms with van der Waals surface area (Å²) in [6.07, 6.45) is 4.79. The van der Waals surface area contributed by atoms with E-state index in [2.05, 4.69) is 48.5 Å². The summed E-state index contributed by atoms with van der Waals surface area (Å²) in [4.78, 5) is 0. The highest BCUT2D eigenvalue weighted by atomic mass is 14.7. The molecule has 2 aromatic carbocycles. The number of benzene rings is 2. The molecule has 0 bridgehead atoms. The summed E-state index contributed by atoms with van der Waals surface area (Å²) in [5, 5.41) is 0. The lowest BCUT2D eigenvalue weighted by Gasteiger charge is -2.33. The third-order valence-corrected chi connectivity index (χ3v) is 5.21. The van der Waals surface area contributed by atoms with Gasteiger partial charge in [-0.25, -0.2) is 0 Å². The minimum absolute atomic E-state index is 0.303. The molecule has 2 N–H and O–H groups in total. The molecule has 2 aromatic rings. The maximum absolute atomic E-state index is 6.56. The van der Waals surface area contributed by atoms with Crippen LogP contribution in [-0.4, -0.2) is 6.04 Å². The largest absolute Gasteiger partial charge is 0.327 e. The smallest absolute Gasteiger partial charge is 0.0114 e. The Bertz CT molecular complexity index is 631. The normalized spacial score (nSPS) is 24.6. The van der Waals surface area contributed by atoms with Gasteiger partial charge in [-0.3, -0.25) is 0 Å². The minimum atomic E-state index is 0.303. The van der Waals surface area contributed by atoms with Gasteiger partial charge in [0, 0.05) is 6.04 Å². The van der Waals surface area contributed by atoms with Gasteiger partial charge in [-0.05, 0) is 59.8 Å². The average molecular weight is 263 g/mol. The maximum Gasteiger partial charge on any atom is 0.0114 e.